The van der Waals surface area contributed by atoms with E-state index in [4.69, 9.17) is 5.11 Å². The second-order valence-electron chi connectivity index (χ2n) is 3.95. The fraction of sp³-hybridized carbons (Fsp3) is 0.455. The number of carbonyl (C=O) groups excluding carboxylic acids is 1. The summed E-state index contributed by atoms with van der Waals surface area (Å²) in [7, 11) is 0. The first-order valence-electron chi connectivity index (χ1n) is 4.99. The second kappa shape index (κ2) is 3.62. The van der Waals surface area contributed by atoms with E-state index in [0.29, 0.717) is 18.7 Å². The largest absolute Gasteiger partial charge is 0.389 e. The Labute approximate surface area is 88.6 Å². The van der Waals surface area contributed by atoms with E-state index < -0.39 is 0 Å². The molecule has 1 fully saturated rings. The molecular formula is C11H14N2O2. The van der Waals surface area contributed by atoms with Crippen LogP contribution in [0.25, 0.3) is 0 Å². The Morgan fingerprint density at radius 1 is 1.47 bits per heavy atom. The standard InChI is InChI=1S/C11H14N2O2/c1-7-3-4-10(8(2)12-7)11(15)13-5-9(14)6-13/h3-4,9,14H,5-6H2,1-2H3. The molecule has 15 heavy (non-hydrogen) atoms. The van der Waals surface area contributed by atoms with Gasteiger partial charge >= 0.3 is 0 Å². The van der Waals surface area contributed by atoms with Crippen LogP contribution in [0.5, 0.6) is 0 Å². The number of hydrogen-bond acceptors (Lipinski definition) is 3. The predicted octanol–water partition coefficient (Wildman–Crippen LogP) is 0.515. The quantitative estimate of drug-likeness (QED) is 0.728. The molecule has 0 saturated carbocycles. The third-order valence-corrected chi connectivity index (χ3v) is 2.60. The molecule has 0 aliphatic carbocycles. The zero-order valence-electron chi connectivity index (χ0n) is 8.90. The summed E-state index contributed by atoms with van der Waals surface area (Å²) in [5.74, 6) is -0.0368. The van der Waals surface area contributed by atoms with Gasteiger partial charge in [0.25, 0.3) is 5.91 Å². The van der Waals surface area contributed by atoms with Crippen molar-refractivity contribution in [2.75, 3.05) is 13.1 Å². The van der Waals surface area contributed by atoms with Gasteiger partial charge in [-0.2, -0.15) is 0 Å². The second-order valence-corrected chi connectivity index (χ2v) is 3.95. The molecule has 1 aliphatic heterocycles. The van der Waals surface area contributed by atoms with E-state index in [1.165, 1.54) is 0 Å². The molecule has 4 nitrogen and oxygen atoms in total. The molecule has 0 unspecified atom stereocenters. The van der Waals surface area contributed by atoms with Gasteiger partial charge in [0.1, 0.15) is 0 Å². The van der Waals surface area contributed by atoms with Gasteiger partial charge < -0.3 is 10.0 Å². The first-order valence-corrected chi connectivity index (χ1v) is 4.99. The summed E-state index contributed by atoms with van der Waals surface area (Å²) in [6.45, 7) is 4.60. The first-order chi connectivity index (χ1) is 7.08. The zero-order valence-corrected chi connectivity index (χ0v) is 8.90. The van der Waals surface area contributed by atoms with Crippen molar-refractivity contribution in [3.63, 3.8) is 0 Å². The van der Waals surface area contributed by atoms with Crippen LogP contribution in [0.4, 0.5) is 0 Å². The van der Waals surface area contributed by atoms with Crippen molar-refractivity contribution in [1.29, 1.82) is 0 Å². The molecule has 0 radical (unpaired) electrons. The van der Waals surface area contributed by atoms with Crippen LogP contribution in [0.2, 0.25) is 0 Å². The number of aliphatic hydroxyl groups excluding tert-OH is 1. The van der Waals surface area contributed by atoms with Crippen LogP contribution in [0, 0.1) is 13.8 Å². The summed E-state index contributed by atoms with van der Waals surface area (Å²) in [4.78, 5) is 17.8. The van der Waals surface area contributed by atoms with Crippen molar-refractivity contribution in [2.24, 2.45) is 0 Å². The van der Waals surface area contributed by atoms with Gasteiger partial charge in [0, 0.05) is 18.8 Å². The highest BCUT2D eigenvalue weighted by Crippen LogP contribution is 2.15. The summed E-state index contributed by atoms with van der Waals surface area (Å²) >= 11 is 0. The molecule has 2 heterocycles. The van der Waals surface area contributed by atoms with Crippen LogP contribution in [-0.2, 0) is 0 Å². The highest BCUT2D eigenvalue weighted by atomic mass is 16.3. The number of aryl methyl sites for hydroxylation is 2. The number of nitrogens with zero attached hydrogens (tertiary/aromatic N) is 2. The van der Waals surface area contributed by atoms with E-state index in [-0.39, 0.29) is 12.0 Å². The van der Waals surface area contributed by atoms with E-state index >= 15 is 0 Å². The van der Waals surface area contributed by atoms with Gasteiger partial charge in [0.05, 0.1) is 17.4 Å². The summed E-state index contributed by atoms with van der Waals surface area (Å²) in [5.41, 5.74) is 2.29. The molecule has 0 spiro atoms. The topological polar surface area (TPSA) is 53.4 Å². The van der Waals surface area contributed by atoms with Gasteiger partial charge in [-0.25, -0.2) is 0 Å². The van der Waals surface area contributed by atoms with Crippen LogP contribution in [0.1, 0.15) is 21.7 Å². The Balaban J connectivity index is 2.19. The van der Waals surface area contributed by atoms with E-state index in [9.17, 15) is 4.79 Å². The smallest absolute Gasteiger partial charge is 0.255 e. The number of amides is 1. The minimum absolute atomic E-state index is 0.0368. The number of β-amino-alcohol motifs (C(OH)–C–C–N with tert-alkyl or cyclic N) is 1. The minimum Gasteiger partial charge on any atom is -0.389 e. The molecule has 0 aromatic carbocycles. The number of pyridine rings is 1. The SMILES string of the molecule is Cc1ccc(C(=O)N2CC(O)C2)c(C)n1. The molecule has 1 aromatic rings. The number of hydrogen-bond donors (Lipinski definition) is 1. The molecule has 1 aromatic heterocycles. The van der Waals surface area contributed by atoms with E-state index in [1.807, 2.05) is 19.9 Å². The summed E-state index contributed by atoms with van der Waals surface area (Å²) in [6.07, 6.45) is -0.354. The molecule has 1 saturated heterocycles. The average molecular weight is 206 g/mol. The molecule has 80 valence electrons. The van der Waals surface area contributed by atoms with Gasteiger partial charge in [0.15, 0.2) is 0 Å². The number of likely N-dealkylation sites (tertiary alicyclic amines) is 1. The monoisotopic (exact) mass is 206 g/mol. The average Bonchev–Trinajstić information content (AvgIpc) is 2.12. The lowest BCUT2D eigenvalue weighted by molar-refractivity contribution is 0.00580. The predicted molar refractivity (Wildman–Crippen MR) is 55.6 cm³/mol. The van der Waals surface area contributed by atoms with Crippen molar-refractivity contribution < 1.29 is 9.90 Å². The fourth-order valence-corrected chi connectivity index (χ4v) is 1.70. The summed E-state index contributed by atoms with van der Waals surface area (Å²) in [6, 6.07) is 3.63. The third-order valence-electron chi connectivity index (χ3n) is 2.60. The van der Waals surface area contributed by atoms with E-state index in [0.717, 1.165) is 11.4 Å². The van der Waals surface area contributed by atoms with Gasteiger partial charge in [-0.15, -0.1) is 0 Å². The number of aliphatic hydroxyl groups is 1. The Morgan fingerprint density at radius 2 is 2.13 bits per heavy atom. The normalized spacial score (nSPS) is 16.3. The highest BCUT2D eigenvalue weighted by Gasteiger charge is 2.30. The van der Waals surface area contributed by atoms with E-state index in [1.54, 1.807) is 11.0 Å². The Kier molecular flexibility index (Phi) is 2.44. The van der Waals surface area contributed by atoms with Gasteiger partial charge in [-0.05, 0) is 26.0 Å². The Morgan fingerprint density at radius 3 is 2.67 bits per heavy atom. The lowest BCUT2D eigenvalue weighted by Crippen LogP contribution is -2.53. The molecule has 1 N–H and O–H groups in total. The van der Waals surface area contributed by atoms with E-state index in [2.05, 4.69) is 4.98 Å². The van der Waals surface area contributed by atoms with Crippen LogP contribution in [0.3, 0.4) is 0 Å². The van der Waals surface area contributed by atoms with Gasteiger partial charge in [-0.3, -0.25) is 9.78 Å². The molecule has 1 amide bonds. The van der Waals surface area contributed by atoms with Gasteiger partial charge in [-0.1, -0.05) is 0 Å². The van der Waals surface area contributed by atoms with Crippen LogP contribution < -0.4 is 0 Å². The molecule has 0 bridgehead atoms. The number of carbonyl (C=O) groups is 1. The molecule has 4 heteroatoms. The summed E-state index contributed by atoms with van der Waals surface area (Å²) in [5, 5.41) is 9.12. The van der Waals surface area contributed by atoms with Gasteiger partial charge in [0.2, 0.25) is 0 Å². The third kappa shape index (κ3) is 1.85. The van der Waals surface area contributed by atoms with Crippen molar-refractivity contribution in [3.8, 4) is 0 Å². The molecule has 2 rings (SSSR count). The van der Waals surface area contributed by atoms with Crippen LogP contribution in [-0.4, -0.2) is 40.1 Å². The lowest BCUT2D eigenvalue weighted by Gasteiger charge is -2.36. The summed E-state index contributed by atoms with van der Waals surface area (Å²) < 4.78 is 0. The van der Waals surface area contributed by atoms with Crippen molar-refractivity contribution in [1.82, 2.24) is 9.88 Å². The molecular weight excluding hydrogens is 192 g/mol. The fourth-order valence-electron chi connectivity index (χ4n) is 1.70. The Hall–Kier alpha value is -1.42. The van der Waals surface area contributed by atoms with Crippen LogP contribution in [0.15, 0.2) is 12.1 Å². The maximum atomic E-state index is 11.9. The van der Waals surface area contributed by atoms with Crippen molar-refractivity contribution in [3.05, 3.63) is 29.1 Å². The highest BCUT2D eigenvalue weighted by molar-refractivity contribution is 5.95. The van der Waals surface area contributed by atoms with Crippen LogP contribution >= 0.6 is 0 Å². The maximum Gasteiger partial charge on any atom is 0.255 e. The zero-order chi connectivity index (χ0) is 11.0. The van der Waals surface area contributed by atoms with Crippen molar-refractivity contribution >= 4 is 5.91 Å². The first kappa shape index (κ1) is 10.1. The minimum atomic E-state index is -0.354. The molecule has 1 aliphatic rings. The lowest BCUT2D eigenvalue weighted by atomic mass is 10.1. The number of aromatic nitrogens is 1. The maximum absolute atomic E-state index is 11.9. The molecule has 0 atom stereocenters. The Bertz CT molecular complexity index is 398. The number of rotatable bonds is 1. The van der Waals surface area contributed by atoms with Crippen molar-refractivity contribution in [2.45, 2.75) is 20.0 Å².